The van der Waals surface area contributed by atoms with E-state index in [9.17, 15) is 4.39 Å². The third-order valence-electron chi connectivity index (χ3n) is 3.19. The van der Waals surface area contributed by atoms with Crippen LogP contribution in [0.4, 0.5) is 4.39 Å². The highest BCUT2D eigenvalue weighted by Crippen LogP contribution is 2.27. The smallest absolute Gasteiger partial charge is 0.126 e. The molecule has 1 fully saturated rings. The number of hydrogen-bond acceptors (Lipinski definition) is 2. The van der Waals surface area contributed by atoms with E-state index >= 15 is 0 Å². The van der Waals surface area contributed by atoms with Crippen molar-refractivity contribution in [3.63, 3.8) is 0 Å². The van der Waals surface area contributed by atoms with Gasteiger partial charge in [0.2, 0.25) is 0 Å². The van der Waals surface area contributed by atoms with Crippen LogP contribution in [0.1, 0.15) is 26.2 Å². The summed E-state index contributed by atoms with van der Waals surface area (Å²) in [4.78, 5) is 0. The lowest BCUT2D eigenvalue weighted by atomic mass is 9.85. The van der Waals surface area contributed by atoms with Crippen LogP contribution in [-0.2, 0) is 0 Å². The highest BCUT2D eigenvalue weighted by molar-refractivity contribution is 5.23. The molecule has 1 aromatic carbocycles. The van der Waals surface area contributed by atoms with Crippen molar-refractivity contribution in [1.82, 2.24) is 0 Å². The Kier molecular flexibility index (Phi) is 3.44. The molecule has 0 radical (unpaired) electrons. The summed E-state index contributed by atoms with van der Waals surface area (Å²) in [5.74, 6) is 0.947. The summed E-state index contributed by atoms with van der Waals surface area (Å²) in [6.07, 6.45) is 3.12. The van der Waals surface area contributed by atoms with Crippen LogP contribution in [0.25, 0.3) is 0 Å². The van der Waals surface area contributed by atoms with Crippen LogP contribution >= 0.6 is 0 Å². The zero-order chi connectivity index (χ0) is 11.5. The van der Waals surface area contributed by atoms with E-state index in [1.165, 1.54) is 12.1 Å². The van der Waals surface area contributed by atoms with Crippen molar-refractivity contribution in [1.29, 1.82) is 0 Å². The zero-order valence-corrected chi connectivity index (χ0v) is 9.53. The molecular weight excluding hydrogens is 205 g/mol. The first kappa shape index (κ1) is 11.4. The van der Waals surface area contributed by atoms with Crippen molar-refractivity contribution in [3.05, 3.63) is 30.1 Å². The maximum atomic E-state index is 13.0. The Morgan fingerprint density at radius 2 is 2.19 bits per heavy atom. The minimum absolute atomic E-state index is 0.0190. The molecule has 0 amide bonds. The lowest BCUT2D eigenvalue weighted by Crippen LogP contribution is -2.43. The number of benzene rings is 1. The Morgan fingerprint density at radius 1 is 1.38 bits per heavy atom. The summed E-state index contributed by atoms with van der Waals surface area (Å²) >= 11 is 0. The van der Waals surface area contributed by atoms with E-state index in [-0.39, 0.29) is 18.0 Å². The van der Waals surface area contributed by atoms with Crippen LogP contribution in [0.5, 0.6) is 5.75 Å². The van der Waals surface area contributed by atoms with Crippen LogP contribution in [0.3, 0.4) is 0 Å². The van der Waals surface area contributed by atoms with E-state index in [0.717, 1.165) is 19.3 Å². The predicted molar refractivity (Wildman–Crippen MR) is 61.8 cm³/mol. The summed E-state index contributed by atoms with van der Waals surface area (Å²) in [6, 6.07) is 6.32. The van der Waals surface area contributed by atoms with Gasteiger partial charge in [-0.1, -0.05) is 13.0 Å². The van der Waals surface area contributed by atoms with Crippen molar-refractivity contribution in [2.45, 2.75) is 38.3 Å². The minimum atomic E-state index is -0.269. The molecular formula is C13H18FNO. The molecule has 0 aromatic heterocycles. The number of hydrogen-bond donors (Lipinski definition) is 1. The van der Waals surface area contributed by atoms with Crippen LogP contribution in [-0.4, -0.2) is 12.1 Å². The highest BCUT2D eigenvalue weighted by atomic mass is 19.1. The van der Waals surface area contributed by atoms with Gasteiger partial charge in [-0.2, -0.15) is 0 Å². The molecule has 3 heteroatoms. The number of nitrogens with two attached hydrogens (primary N) is 1. The van der Waals surface area contributed by atoms with E-state index < -0.39 is 0 Å². The molecule has 1 saturated carbocycles. The normalized spacial score (nSPS) is 30.1. The molecule has 88 valence electrons. The molecule has 0 aliphatic heterocycles. The maximum Gasteiger partial charge on any atom is 0.126 e. The second kappa shape index (κ2) is 4.83. The Morgan fingerprint density at radius 3 is 2.94 bits per heavy atom. The van der Waals surface area contributed by atoms with E-state index in [1.54, 1.807) is 12.1 Å². The maximum absolute atomic E-state index is 13.0. The van der Waals surface area contributed by atoms with E-state index in [4.69, 9.17) is 10.5 Å². The molecule has 1 aliphatic rings. The van der Waals surface area contributed by atoms with Crippen LogP contribution in [0, 0.1) is 11.7 Å². The Balaban J connectivity index is 2.02. The van der Waals surface area contributed by atoms with Gasteiger partial charge in [0.15, 0.2) is 0 Å². The number of rotatable bonds is 2. The van der Waals surface area contributed by atoms with Gasteiger partial charge >= 0.3 is 0 Å². The fourth-order valence-corrected chi connectivity index (χ4v) is 2.20. The van der Waals surface area contributed by atoms with Crippen molar-refractivity contribution in [2.75, 3.05) is 0 Å². The zero-order valence-electron chi connectivity index (χ0n) is 9.53. The molecule has 0 spiro atoms. The third kappa shape index (κ3) is 2.73. The third-order valence-corrected chi connectivity index (χ3v) is 3.19. The average molecular weight is 223 g/mol. The van der Waals surface area contributed by atoms with Crippen molar-refractivity contribution < 1.29 is 9.13 Å². The molecule has 2 N–H and O–H groups in total. The van der Waals surface area contributed by atoms with Gasteiger partial charge in [-0.25, -0.2) is 4.39 Å². The molecule has 0 saturated heterocycles. The minimum Gasteiger partial charge on any atom is -0.489 e. The second-order valence-electron chi connectivity index (χ2n) is 4.70. The summed E-state index contributed by atoms with van der Waals surface area (Å²) in [7, 11) is 0. The molecule has 1 aromatic rings. The van der Waals surface area contributed by atoms with Gasteiger partial charge in [0.25, 0.3) is 0 Å². The van der Waals surface area contributed by atoms with E-state index in [0.29, 0.717) is 11.7 Å². The van der Waals surface area contributed by atoms with Gasteiger partial charge in [0.1, 0.15) is 17.7 Å². The highest BCUT2D eigenvalue weighted by Gasteiger charge is 2.27. The molecule has 3 unspecified atom stereocenters. The molecule has 2 rings (SSSR count). The van der Waals surface area contributed by atoms with E-state index in [1.807, 2.05) is 0 Å². The fourth-order valence-electron chi connectivity index (χ4n) is 2.20. The monoisotopic (exact) mass is 223 g/mol. The first-order valence-corrected chi connectivity index (χ1v) is 5.83. The van der Waals surface area contributed by atoms with Crippen LogP contribution in [0.2, 0.25) is 0 Å². The summed E-state index contributed by atoms with van der Waals surface area (Å²) in [5.41, 5.74) is 6.01. The Bertz CT molecular complexity index is 356. The molecule has 2 nitrogen and oxygen atoms in total. The lowest BCUT2D eigenvalue weighted by molar-refractivity contribution is 0.107. The molecule has 3 atom stereocenters. The van der Waals surface area contributed by atoms with Crippen molar-refractivity contribution in [2.24, 2.45) is 11.7 Å². The van der Waals surface area contributed by atoms with Crippen LogP contribution < -0.4 is 10.5 Å². The van der Waals surface area contributed by atoms with Crippen molar-refractivity contribution in [3.8, 4) is 5.75 Å². The standard InChI is InChI=1S/C13H18FNO/c1-9-5-6-12(15)13(7-9)16-11-4-2-3-10(14)8-11/h2-4,8-9,12-13H,5-7,15H2,1H3. The molecule has 16 heavy (non-hydrogen) atoms. The summed E-state index contributed by atoms with van der Waals surface area (Å²) in [5, 5.41) is 0. The predicted octanol–water partition coefficient (Wildman–Crippen LogP) is 2.72. The number of halogens is 1. The summed E-state index contributed by atoms with van der Waals surface area (Å²) < 4.78 is 18.7. The van der Waals surface area contributed by atoms with Gasteiger partial charge in [0.05, 0.1) is 0 Å². The fraction of sp³-hybridized carbons (Fsp3) is 0.538. The average Bonchev–Trinajstić information content (AvgIpc) is 2.24. The molecule has 1 aliphatic carbocycles. The lowest BCUT2D eigenvalue weighted by Gasteiger charge is -2.32. The second-order valence-corrected chi connectivity index (χ2v) is 4.70. The quantitative estimate of drug-likeness (QED) is 0.836. The SMILES string of the molecule is CC1CCC(N)C(Oc2cccc(F)c2)C1. The van der Waals surface area contributed by atoms with Gasteiger partial charge in [-0.05, 0) is 37.3 Å². The van der Waals surface area contributed by atoms with Crippen molar-refractivity contribution >= 4 is 0 Å². The first-order chi connectivity index (χ1) is 7.65. The molecule has 0 bridgehead atoms. The molecule has 0 heterocycles. The number of ether oxygens (including phenoxy) is 1. The van der Waals surface area contributed by atoms with E-state index in [2.05, 4.69) is 6.92 Å². The van der Waals surface area contributed by atoms with Gasteiger partial charge in [0, 0.05) is 12.1 Å². The van der Waals surface area contributed by atoms with Gasteiger partial charge in [-0.15, -0.1) is 0 Å². The summed E-state index contributed by atoms with van der Waals surface area (Å²) in [6.45, 7) is 2.20. The Labute approximate surface area is 95.6 Å². The Hall–Kier alpha value is -1.09. The largest absolute Gasteiger partial charge is 0.489 e. The first-order valence-electron chi connectivity index (χ1n) is 5.83. The van der Waals surface area contributed by atoms with Gasteiger partial charge < -0.3 is 10.5 Å². The van der Waals surface area contributed by atoms with Crippen LogP contribution in [0.15, 0.2) is 24.3 Å². The topological polar surface area (TPSA) is 35.2 Å². The van der Waals surface area contributed by atoms with Gasteiger partial charge in [-0.3, -0.25) is 0 Å².